The maximum absolute atomic E-state index is 5.83. The molecule has 2 nitrogen and oxygen atoms in total. The molecule has 2 rings (SSSR count). The molecule has 0 radical (unpaired) electrons. The molecule has 0 saturated heterocycles. The van der Waals surface area contributed by atoms with Crippen molar-refractivity contribution >= 4 is 26.9 Å². The Balaban J connectivity index is 2.51. The highest BCUT2D eigenvalue weighted by Gasteiger charge is 2.13. The minimum Gasteiger partial charge on any atom is -0.458 e. The van der Waals surface area contributed by atoms with Crippen molar-refractivity contribution in [2.24, 2.45) is 0 Å². The molecule has 0 bridgehead atoms. The number of benzene rings is 1. The molecule has 0 aliphatic carbocycles. The Labute approximate surface area is 97.8 Å². The van der Waals surface area contributed by atoms with Crippen LogP contribution in [0.1, 0.15) is 25.1 Å². The van der Waals surface area contributed by atoms with Crippen LogP contribution in [0.4, 0.5) is 0 Å². The van der Waals surface area contributed by atoms with Crippen molar-refractivity contribution in [3.63, 3.8) is 0 Å². The van der Waals surface area contributed by atoms with E-state index < -0.39 is 0 Å². The van der Waals surface area contributed by atoms with Crippen LogP contribution in [0.5, 0.6) is 0 Å². The van der Waals surface area contributed by atoms with Crippen molar-refractivity contribution in [1.29, 1.82) is 0 Å². The van der Waals surface area contributed by atoms with Crippen LogP contribution in [0.15, 0.2) is 33.2 Å². The fourth-order valence-electron chi connectivity index (χ4n) is 1.77. The number of hydrogen-bond donors (Lipinski definition) is 1. The van der Waals surface area contributed by atoms with Crippen LogP contribution in [0.2, 0.25) is 0 Å². The third-order valence-electron chi connectivity index (χ3n) is 2.62. The fourth-order valence-corrected chi connectivity index (χ4v) is 2.23. The molecule has 1 aromatic heterocycles. The summed E-state index contributed by atoms with van der Waals surface area (Å²) in [5.41, 5.74) is 0.932. The van der Waals surface area contributed by atoms with Crippen molar-refractivity contribution in [2.75, 3.05) is 7.05 Å². The van der Waals surface area contributed by atoms with Crippen LogP contribution >= 0.6 is 15.9 Å². The quantitative estimate of drug-likeness (QED) is 0.914. The van der Waals surface area contributed by atoms with Gasteiger partial charge in [0.05, 0.1) is 10.5 Å². The zero-order valence-corrected chi connectivity index (χ0v) is 10.5. The van der Waals surface area contributed by atoms with Gasteiger partial charge in [-0.1, -0.05) is 19.1 Å². The lowest BCUT2D eigenvalue weighted by Crippen LogP contribution is -2.14. The summed E-state index contributed by atoms with van der Waals surface area (Å²) in [6.07, 6.45) is 1.02. The highest BCUT2D eigenvalue weighted by Crippen LogP contribution is 2.30. The van der Waals surface area contributed by atoms with Crippen LogP contribution in [0.25, 0.3) is 11.0 Å². The van der Waals surface area contributed by atoms with E-state index in [1.54, 1.807) is 0 Å². The Bertz CT molecular complexity index is 460. The lowest BCUT2D eigenvalue weighted by atomic mass is 10.1. The molecule has 1 atom stereocenters. The summed E-state index contributed by atoms with van der Waals surface area (Å²) in [6, 6.07) is 8.48. The van der Waals surface area contributed by atoms with E-state index in [1.807, 2.05) is 19.2 Å². The molecule has 15 heavy (non-hydrogen) atoms. The number of hydrogen-bond acceptors (Lipinski definition) is 2. The molecule has 0 amide bonds. The van der Waals surface area contributed by atoms with Crippen LogP contribution in [0, 0.1) is 0 Å². The Morgan fingerprint density at radius 1 is 1.47 bits per heavy atom. The largest absolute Gasteiger partial charge is 0.458 e. The molecule has 0 spiro atoms. The van der Waals surface area contributed by atoms with E-state index in [1.165, 1.54) is 0 Å². The molecule has 80 valence electrons. The van der Waals surface area contributed by atoms with E-state index in [9.17, 15) is 0 Å². The first kappa shape index (κ1) is 10.7. The van der Waals surface area contributed by atoms with Crippen molar-refractivity contribution in [1.82, 2.24) is 5.32 Å². The molecule has 1 aromatic carbocycles. The summed E-state index contributed by atoms with van der Waals surface area (Å²) >= 11 is 3.49. The second-order valence-electron chi connectivity index (χ2n) is 3.56. The number of nitrogens with one attached hydrogen (secondary N) is 1. The zero-order chi connectivity index (χ0) is 10.8. The van der Waals surface area contributed by atoms with Gasteiger partial charge in [-0.15, -0.1) is 0 Å². The highest BCUT2D eigenvalue weighted by molar-refractivity contribution is 9.10. The van der Waals surface area contributed by atoms with Gasteiger partial charge in [-0.25, -0.2) is 0 Å². The zero-order valence-electron chi connectivity index (χ0n) is 8.88. The van der Waals surface area contributed by atoms with E-state index in [0.717, 1.165) is 27.6 Å². The van der Waals surface area contributed by atoms with E-state index in [0.29, 0.717) is 6.04 Å². The Morgan fingerprint density at radius 3 is 2.87 bits per heavy atom. The summed E-state index contributed by atoms with van der Waals surface area (Å²) in [7, 11) is 1.95. The predicted molar refractivity (Wildman–Crippen MR) is 66.0 cm³/mol. The molecule has 0 saturated carbocycles. The van der Waals surface area contributed by atoms with Gasteiger partial charge in [0.25, 0.3) is 0 Å². The number of rotatable bonds is 3. The first-order valence-corrected chi connectivity index (χ1v) is 5.90. The number of fused-ring (bicyclic) bond motifs is 1. The van der Waals surface area contributed by atoms with Crippen molar-refractivity contribution in [3.05, 3.63) is 34.5 Å². The topological polar surface area (TPSA) is 25.2 Å². The van der Waals surface area contributed by atoms with E-state index in [-0.39, 0.29) is 0 Å². The molecule has 3 heteroatoms. The number of halogens is 1. The monoisotopic (exact) mass is 267 g/mol. The lowest BCUT2D eigenvalue weighted by Gasteiger charge is -2.09. The standard InChI is InChI=1S/C12H14BrNO/c1-3-10(14-2)11-7-8-5-4-6-9(13)12(8)15-11/h4-7,10,14H,3H2,1-2H3. The molecule has 1 unspecified atom stereocenters. The normalized spacial score (nSPS) is 13.3. The molecular formula is C12H14BrNO. The molecule has 1 heterocycles. The van der Waals surface area contributed by atoms with Gasteiger partial charge in [0.2, 0.25) is 0 Å². The van der Waals surface area contributed by atoms with E-state index in [4.69, 9.17) is 4.42 Å². The van der Waals surface area contributed by atoms with E-state index >= 15 is 0 Å². The summed E-state index contributed by atoms with van der Waals surface area (Å²) in [6.45, 7) is 2.14. The van der Waals surface area contributed by atoms with Crippen LogP contribution in [0.3, 0.4) is 0 Å². The van der Waals surface area contributed by atoms with Gasteiger partial charge in [-0.3, -0.25) is 0 Å². The maximum atomic E-state index is 5.83. The van der Waals surface area contributed by atoms with Gasteiger partial charge < -0.3 is 9.73 Å². The second kappa shape index (κ2) is 4.37. The van der Waals surface area contributed by atoms with Gasteiger partial charge in [-0.2, -0.15) is 0 Å². The Kier molecular flexibility index (Phi) is 3.12. The highest BCUT2D eigenvalue weighted by atomic mass is 79.9. The Hall–Kier alpha value is -0.800. The average Bonchev–Trinajstić information content (AvgIpc) is 2.65. The SMILES string of the molecule is CCC(NC)c1cc2cccc(Br)c2o1. The molecule has 2 aromatic rings. The summed E-state index contributed by atoms with van der Waals surface area (Å²) in [5, 5.41) is 4.39. The van der Waals surface area contributed by atoms with Gasteiger partial charge >= 0.3 is 0 Å². The van der Waals surface area contributed by atoms with Crippen LogP contribution in [-0.2, 0) is 0 Å². The van der Waals surface area contributed by atoms with Gasteiger partial charge in [0, 0.05) is 5.39 Å². The van der Waals surface area contributed by atoms with Crippen molar-refractivity contribution in [2.45, 2.75) is 19.4 Å². The average molecular weight is 268 g/mol. The second-order valence-corrected chi connectivity index (χ2v) is 4.41. The first-order chi connectivity index (χ1) is 7.26. The number of para-hydroxylation sites is 1. The fraction of sp³-hybridized carbons (Fsp3) is 0.333. The lowest BCUT2D eigenvalue weighted by molar-refractivity contribution is 0.444. The smallest absolute Gasteiger partial charge is 0.148 e. The predicted octanol–water partition coefficient (Wildman–Crippen LogP) is 3.87. The Morgan fingerprint density at radius 2 is 2.27 bits per heavy atom. The third-order valence-corrected chi connectivity index (χ3v) is 3.24. The third kappa shape index (κ3) is 1.94. The van der Waals surface area contributed by atoms with Crippen LogP contribution < -0.4 is 5.32 Å². The molecular weight excluding hydrogens is 254 g/mol. The van der Waals surface area contributed by atoms with Gasteiger partial charge in [0.15, 0.2) is 0 Å². The van der Waals surface area contributed by atoms with Crippen molar-refractivity contribution in [3.8, 4) is 0 Å². The minimum absolute atomic E-state index is 0.296. The minimum atomic E-state index is 0.296. The van der Waals surface area contributed by atoms with E-state index in [2.05, 4.69) is 40.3 Å². The molecule has 0 aliphatic rings. The van der Waals surface area contributed by atoms with Crippen molar-refractivity contribution < 1.29 is 4.42 Å². The first-order valence-electron chi connectivity index (χ1n) is 5.11. The molecule has 1 N–H and O–H groups in total. The molecule has 0 fully saturated rings. The summed E-state index contributed by atoms with van der Waals surface area (Å²) < 4.78 is 6.84. The summed E-state index contributed by atoms with van der Waals surface area (Å²) in [4.78, 5) is 0. The van der Waals surface area contributed by atoms with Gasteiger partial charge in [0.1, 0.15) is 11.3 Å². The maximum Gasteiger partial charge on any atom is 0.148 e. The number of furan rings is 1. The van der Waals surface area contributed by atoms with Crippen LogP contribution in [-0.4, -0.2) is 7.05 Å². The summed E-state index contributed by atoms with van der Waals surface area (Å²) in [5.74, 6) is 1.00. The molecule has 0 aliphatic heterocycles. The van der Waals surface area contributed by atoms with Gasteiger partial charge in [-0.05, 0) is 41.5 Å².